The van der Waals surface area contributed by atoms with Crippen LogP contribution in [0.1, 0.15) is 12.0 Å². The van der Waals surface area contributed by atoms with Crippen LogP contribution in [0.4, 0.5) is 5.95 Å². The van der Waals surface area contributed by atoms with Crippen molar-refractivity contribution in [3.05, 3.63) is 53.3 Å². The van der Waals surface area contributed by atoms with Crippen LogP contribution in [0.2, 0.25) is 5.02 Å². The van der Waals surface area contributed by atoms with Crippen molar-refractivity contribution in [2.75, 3.05) is 51.7 Å². The van der Waals surface area contributed by atoms with Crippen LogP contribution in [0.5, 0.6) is 0 Å². The lowest BCUT2D eigenvalue weighted by atomic mass is 10.2. The number of nitrogens with one attached hydrogen (secondary N) is 1. The van der Waals surface area contributed by atoms with Gasteiger partial charge in [-0.15, -0.1) is 24.0 Å². The SMILES string of the molecule is CN=C(NCCC(=O)N1CCN(c2ncccn2)CC1)N(C)Cc1ccccc1Cl.I. The van der Waals surface area contributed by atoms with Gasteiger partial charge in [0, 0.05) is 77.2 Å². The first-order chi connectivity index (χ1) is 14.6. The van der Waals surface area contributed by atoms with E-state index in [1.807, 2.05) is 41.1 Å². The van der Waals surface area contributed by atoms with E-state index in [0.29, 0.717) is 32.6 Å². The number of halogens is 2. The number of piperazine rings is 1. The van der Waals surface area contributed by atoms with Crippen LogP contribution in [0.3, 0.4) is 0 Å². The van der Waals surface area contributed by atoms with Crippen LogP contribution in [-0.2, 0) is 11.3 Å². The van der Waals surface area contributed by atoms with E-state index in [9.17, 15) is 4.79 Å². The molecule has 1 amide bonds. The van der Waals surface area contributed by atoms with Gasteiger partial charge in [0.05, 0.1) is 0 Å². The molecule has 0 unspecified atom stereocenters. The second-order valence-corrected chi connectivity index (χ2v) is 7.50. The molecule has 1 aliphatic heterocycles. The van der Waals surface area contributed by atoms with Gasteiger partial charge >= 0.3 is 0 Å². The third-order valence-corrected chi connectivity index (χ3v) is 5.40. The Hall–Kier alpha value is -2.14. The summed E-state index contributed by atoms with van der Waals surface area (Å²) in [5, 5.41) is 4.00. The summed E-state index contributed by atoms with van der Waals surface area (Å²) in [6.07, 6.45) is 3.89. The van der Waals surface area contributed by atoms with E-state index in [2.05, 4.69) is 25.2 Å². The van der Waals surface area contributed by atoms with E-state index in [1.54, 1.807) is 25.5 Å². The Morgan fingerprint density at radius 1 is 1.16 bits per heavy atom. The van der Waals surface area contributed by atoms with Crippen molar-refractivity contribution in [2.45, 2.75) is 13.0 Å². The molecule has 1 aromatic carbocycles. The lowest BCUT2D eigenvalue weighted by molar-refractivity contribution is -0.131. The summed E-state index contributed by atoms with van der Waals surface area (Å²) in [6.45, 7) is 4.00. The van der Waals surface area contributed by atoms with Gasteiger partial charge in [0.1, 0.15) is 0 Å². The molecule has 1 saturated heterocycles. The minimum absolute atomic E-state index is 0. The number of carbonyl (C=O) groups excluding carboxylic acids is 1. The highest BCUT2D eigenvalue weighted by Gasteiger charge is 2.22. The average Bonchev–Trinajstić information content (AvgIpc) is 2.79. The summed E-state index contributed by atoms with van der Waals surface area (Å²) in [4.78, 5) is 31.4. The standard InChI is InChI=1S/C21H28ClN7O.HI/c1-23-20(27(2)16-17-6-3-4-7-18(17)22)26-11-8-19(30)28-12-14-29(15-13-28)21-24-9-5-10-25-21;/h3-7,9-10H,8,11-16H2,1-2H3,(H,23,26);1H. The van der Waals surface area contributed by atoms with Gasteiger partial charge in [0.15, 0.2) is 5.96 Å². The summed E-state index contributed by atoms with van der Waals surface area (Å²) in [7, 11) is 3.68. The Kier molecular flexibility index (Phi) is 10.3. The van der Waals surface area contributed by atoms with Crippen molar-refractivity contribution in [2.24, 2.45) is 4.99 Å². The molecule has 31 heavy (non-hydrogen) atoms. The fourth-order valence-electron chi connectivity index (χ4n) is 3.39. The lowest BCUT2D eigenvalue weighted by Gasteiger charge is -2.34. The van der Waals surface area contributed by atoms with Crippen molar-refractivity contribution >= 4 is 53.4 Å². The molecular formula is C21H29ClIN7O. The van der Waals surface area contributed by atoms with Gasteiger partial charge in [0.2, 0.25) is 11.9 Å². The Morgan fingerprint density at radius 3 is 2.48 bits per heavy atom. The Labute approximate surface area is 205 Å². The van der Waals surface area contributed by atoms with Gasteiger partial charge in [-0.2, -0.15) is 0 Å². The van der Waals surface area contributed by atoms with Crippen LogP contribution in [0.15, 0.2) is 47.7 Å². The number of nitrogens with zero attached hydrogens (tertiary/aromatic N) is 6. The second-order valence-electron chi connectivity index (χ2n) is 7.09. The van der Waals surface area contributed by atoms with E-state index >= 15 is 0 Å². The summed E-state index contributed by atoms with van der Waals surface area (Å²) in [6, 6.07) is 9.56. The van der Waals surface area contributed by atoms with Crippen molar-refractivity contribution < 1.29 is 4.79 Å². The molecule has 8 nitrogen and oxygen atoms in total. The van der Waals surface area contributed by atoms with E-state index in [1.165, 1.54) is 0 Å². The molecule has 1 aliphatic rings. The van der Waals surface area contributed by atoms with E-state index in [0.717, 1.165) is 35.6 Å². The number of rotatable bonds is 6. The summed E-state index contributed by atoms with van der Waals surface area (Å²) >= 11 is 6.25. The smallest absolute Gasteiger partial charge is 0.225 e. The monoisotopic (exact) mass is 557 g/mol. The predicted molar refractivity (Wildman–Crippen MR) is 135 cm³/mol. The first-order valence-corrected chi connectivity index (χ1v) is 10.4. The second kappa shape index (κ2) is 12.7. The first-order valence-electron chi connectivity index (χ1n) is 10.0. The maximum Gasteiger partial charge on any atom is 0.225 e. The Balaban J connectivity index is 0.00000341. The third kappa shape index (κ3) is 7.20. The van der Waals surface area contributed by atoms with Gasteiger partial charge in [-0.05, 0) is 17.7 Å². The minimum atomic E-state index is 0. The largest absolute Gasteiger partial charge is 0.356 e. The van der Waals surface area contributed by atoms with Crippen LogP contribution < -0.4 is 10.2 Å². The highest BCUT2D eigenvalue weighted by atomic mass is 127. The molecular weight excluding hydrogens is 529 g/mol. The van der Waals surface area contributed by atoms with Gasteiger partial charge < -0.3 is 20.0 Å². The fourth-order valence-corrected chi connectivity index (χ4v) is 3.59. The topological polar surface area (TPSA) is 77.0 Å². The van der Waals surface area contributed by atoms with E-state index in [4.69, 9.17) is 11.6 Å². The number of carbonyl (C=O) groups is 1. The third-order valence-electron chi connectivity index (χ3n) is 5.03. The van der Waals surface area contributed by atoms with Crippen molar-refractivity contribution in [1.29, 1.82) is 0 Å². The van der Waals surface area contributed by atoms with Gasteiger partial charge in [-0.3, -0.25) is 9.79 Å². The zero-order valence-corrected chi connectivity index (χ0v) is 21.0. The minimum Gasteiger partial charge on any atom is -0.356 e. The van der Waals surface area contributed by atoms with Crippen LogP contribution in [0, 0.1) is 0 Å². The molecule has 3 rings (SSSR count). The first kappa shape index (κ1) is 25.1. The average molecular weight is 558 g/mol. The maximum absolute atomic E-state index is 12.6. The van der Waals surface area contributed by atoms with Crippen LogP contribution in [0.25, 0.3) is 0 Å². The molecule has 0 aliphatic carbocycles. The molecule has 10 heteroatoms. The summed E-state index contributed by atoms with van der Waals surface area (Å²) in [5.41, 5.74) is 1.03. The molecule has 2 heterocycles. The number of benzene rings is 1. The molecule has 0 bridgehead atoms. The fraction of sp³-hybridized carbons (Fsp3) is 0.429. The maximum atomic E-state index is 12.6. The number of amides is 1. The lowest BCUT2D eigenvalue weighted by Crippen LogP contribution is -2.50. The summed E-state index contributed by atoms with van der Waals surface area (Å²) < 4.78 is 0. The molecule has 0 spiro atoms. The molecule has 1 aromatic heterocycles. The number of hydrogen-bond acceptors (Lipinski definition) is 5. The molecule has 0 radical (unpaired) electrons. The molecule has 168 valence electrons. The number of aromatic nitrogens is 2. The zero-order chi connectivity index (χ0) is 21.3. The normalized spacial score (nSPS) is 14.1. The number of guanidine groups is 1. The molecule has 1 N–H and O–H groups in total. The van der Waals surface area contributed by atoms with Crippen molar-refractivity contribution in [3.8, 4) is 0 Å². The Morgan fingerprint density at radius 2 is 1.84 bits per heavy atom. The van der Waals surface area contributed by atoms with Gasteiger partial charge in [0.25, 0.3) is 0 Å². The number of aliphatic imine (C=N–C) groups is 1. The van der Waals surface area contributed by atoms with Crippen molar-refractivity contribution in [3.63, 3.8) is 0 Å². The highest BCUT2D eigenvalue weighted by Crippen LogP contribution is 2.16. The van der Waals surface area contributed by atoms with E-state index < -0.39 is 0 Å². The van der Waals surface area contributed by atoms with Crippen molar-refractivity contribution in [1.82, 2.24) is 25.1 Å². The van der Waals surface area contributed by atoms with Gasteiger partial charge in [-0.25, -0.2) is 9.97 Å². The molecule has 2 aromatic rings. The van der Waals surface area contributed by atoms with Crippen LogP contribution >= 0.6 is 35.6 Å². The Bertz CT molecular complexity index is 860. The van der Waals surface area contributed by atoms with Crippen LogP contribution in [-0.4, -0.2) is 78.5 Å². The number of anilines is 1. The van der Waals surface area contributed by atoms with Gasteiger partial charge in [-0.1, -0.05) is 29.8 Å². The molecule has 0 atom stereocenters. The zero-order valence-electron chi connectivity index (χ0n) is 17.9. The molecule has 1 fully saturated rings. The number of hydrogen-bond donors (Lipinski definition) is 1. The summed E-state index contributed by atoms with van der Waals surface area (Å²) in [5.74, 6) is 1.59. The predicted octanol–water partition coefficient (Wildman–Crippen LogP) is 2.49. The van der Waals surface area contributed by atoms with E-state index in [-0.39, 0.29) is 29.9 Å². The highest BCUT2D eigenvalue weighted by molar-refractivity contribution is 14.0. The quantitative estimate of drug-likeness (QED) is 0.334. The molecule has 0 saturated carbocycles.